The number of amides is 1. The molecule has 1 aromatic rings. The number of rotatable bonds is 4. The number of aromatic nitrogens is 3. The maximum absolute atomic E-state index is 12.8. The number of guanidine groups is 1. The van der Waals surface area contributed by atoms with Crippen LogP contribution in [0.1, 0.15) is 47.4 Å². The minimum Gasteiger partial charge on any atom is -0.444 e. The maximum Gasteiger partial charge on any atom is 0.412 e. The lowest BCUT2D eigenvalue weighted by Crippen LogP contribution is -2.54. The Balaban J connectivity index is 0.00000420. The number of halogens is 1. The Morgan fingerprint density at radius 2 is 2.03 bits per heavy atom. The number of hydrogen-bond donors (Lipinski definition) is 2. The van der Waals surface area contributed by atoms with Gasteiger partial charge in [0.05, 0.1) is 18.7 Å². The minimum absolute atomic E-state index is 0. The second kappa shape index (κ2) is 9.92. The van der Waals surface area contributed by atoms with Gasteiger partial charge in [-0.1, -0.05) is 0 Å². The Labute approximate surface area is 189 Å². The molecule has 2 heterocycles. The van der Waals surface area contributed by atoms with E-state index in [0.29, 0.717) is 19.0 Å². The first-order valence-corrected chi connectivity index (χ1v) is 9.42. The first kappa shape index (κ1) is 25.4. The van der Waals surface area contributed by atoms with Crippen molar-refractivity contribution in [3.63, 3.8) is 0 Å². The smallest absolute Gasteiger partial charge is 0.412 e. The summed E-state index contributed by atoms with van der Waals surface area (Å²) in [6, 6.07) is -0.210. The van der Waals surface area contributed by atoms with Gasteiger partial charge in [0.25, 0.3) is 0 Å². The van der Waals surface area contributed by atoms with Gasteiger partial charge in [-0.05, 0) is 41.5 Å². The molecule has 0 bridgehead atoms. The molecule has 1 saturated heterocycles. The number of carbonyl (C=O) groups is 1. The highest BCUT2D eigenvalue weighted by Crippen LogP contribution is 2.33. The van der Waals surface area contributed by atoms with E-state index >= 15 is 0 Å². The second-order valence-corrected chi connectivity index (χ2v) is 8.35. The molecule has 0 aromatic carbocycles. The molecular formula is C18H34IN7O3. The van der Waals surface area contributed by atoms with Gasteiger partial charge in [-0.15, -0.1) is 34.2 Å². The van der Waals surface area contributed by atoms with Crippen LogP contribution in [0.3, 0.4) is 0 Å². The van der Waals surface area contributed by atoms with Crippen LogP contribution in [0.5, 0.6) is 0 Å². The molecule has 0 aliphatic carbocycles. The average Bonchev–Trinajstić information content (AvgIpc) is 3.05. The molecule has 2 unspecified atom stereocenters. The number of ether oxygens (including phenoxy) is 2. The molecule has 11 heteroatoms. The summed E-state index contributed by atoms with van der Waals surface area (Å²) in [7, 11) is 3.57. The van der Waals surface area contributed by atoms with Crippen molar-refractivity contribution in [2.75, 3.05) is 13.6 Å². The molecule has 2 N–H and O–H groups in total. The summed E-state index contributed by atoms with van der Waals surface area (Å²) in [5, 5.41) is 14.4. The second-order valence-electron chi connectivity index (χ2n) is 8.35. The molecule has 2 rings (SSSR count). The van der Waals surface area contributed by atoms with Gasteiger partial charge in [0, 0.05) is 20.6 Å². The first-order chi connectivity index (χ1) is 12.9. The van der Waals surface area contributed by atoms with Crippen molar-refractivity contribution >= 4 is 36.0 Å². The van der Waals surface area contributed by atoms with Gasteiger partial charge in [-0.25, -0.2) is 4.79 Å². The van der Waals surface area contributed by atoms with Crippen LogP contribution in [0.15, 0.2) is 11.3 Å². The van der Waals surface area contributed by atoms with Crippen molar-refractivity contribution in [3.8, 4) is 0 Å². The number of aliphatic imine (C=N–C) groups is 1. The SMILES string of the molecule is CN=C(NCc1nncn1C)NCC1C(C)OC(C)(C)N1C(=O)OC(C)(C)C.I. The third kappa shape index (κ3) is 6.69. The summed E-state index contributed by atoms with van der Waals surface area (Å²) in [6.45, 7) is 12.2. The average molecular weight is 523 g/mol. The zero-order valence-corrected chi connectivity index (χ0v) is 20.8. The molecule has 0 spiro atoms. The number of hydrogen-bond acceptors (Lipinski definition) is 6. The zero-order valence-electron chi connectivity index (χ0n) is 18.5. The molecule has 10 nitrogen and oxygen atoms in total. The van der Waals surface area contributed by atoms with Crippen molar-refractivity contribution in [3.05, 3.63) is 12.2 Å². The van der Waals surface area contributed by atoms with Gasteiger partial charge in [0.15, 0.2) is 11.8 Å². The number of carbonyl (C=O) groups excluding carboxylic acids is 1. The van der Waals surface area contributed by atoms with Crippen molar-refractivity contribution in [2.24, 2.45) is 12.0 Å². The van der Waals surface area contributed by atoms with Crippen LogP contribution in [0, 0.1) is 0 Å². The van der Waals surface area contributed by atoms with Crippen molar-refractivity contribution < 1.29 is 14.3 Å². The largest absolute Gasteiger partial charge is 0.444 e. The fraction of sp³-hybridized carbons (Fsp3) is 0.778. The summed E-state index contributed by atoms with van der Waals surface area (Å²) in [4.78, 5) is 18.7. The fourth-order valence-corrected chi connectivity index (χ4v) is 3.17. The van der Waals surface area contributed by atoms with Crippen LogP contribution in [-0.4, -0.2) is 68.8 Å². The van der Waals surface area contributed by atoms with Gasteiger partial charge in [0.2, 0.25) is 0 Å². The first-order valence-electron chi connectivity index (χ1n) is 9.42. The molecule has 0 radical (unpaired) electrons. The van der Waals surface area contributed by atoms with Crippen LogP contribution in [0.2, 0.25) is 0 Å². The number of aryl methyl sites for hydroxylation is 1. The van der Waals surface area contributed by atoms with Gasteiger partial charge in [-0.3, -0.25) is 9.89 Å². The summed E-state index contributed by atoms with van der Waals surface area (Å²) >= 11 is 0. The lowest BCUT2D eigenvalue weighted by atomic mass is 10.1. The van der Waals surface area contributed by atoms with E-state index in [-0.39, 0.29) is 36.1 Å². The Hall–Kier alpha value is -1.63. The predicted octanol–water partition coefficient (Wildman–Crippen LogP) is 1.86. The van der Waals surface area contributed by atoms with Crippen LogP contribution in [-0.2, 0) is 23.1 Å². The van der Waals surface area contributed by atoms with Crippen LogP contribution >= 0.6 is 24.0 Å². The van der Waals surface area contributed by atoms with E-state index in [0.717, 1.165) is 5.82 Å². The van der Waals surface area contributed by atoms with E-state index in [9.17, 15) is 4.79 Å². The zero-order chi connectivity index (χ0) is 21.1. The molecule has 1 aliphatic heterocycles. The highest BCUT2D eigenvalue weighted by molar-refractivity contribution is 14.0. The lowest BCUT2D eigenvalue weighted by Gasteiger charge is -2.35. The molecule has 1 aromatic heterocycles. The van der Waals surface area contributed by atoms with E-state index in [1.807, 2.05) is 53.2 Å². The minimum atomic E-state index is -0.760. The molecule has 2 atom stereocenters. The van der Waals surface area contributed by atoms with Crippen LogP contribution < -0.4 is 10.6 Å². The van der Waals surface area contributed by atoms with Gasteiger partial charge >= 0.3 is 6.09 Å². The van der Waals surface area contributed by atoms with Crippen molar-refractivity contribution in [2.45, 2.75) is 71.6 Å². The third-order valence-corrected chi connectivity index (χ3v) is 4.44. The van der Waals surface area contributed by atoms with E-state index in [4.69, 9.17) is 9.47 Å². The number of nitrogens with zero attached hydrogens (tertiary/aromatic N) is 5. The molecule has 0 saturated carbocycles. The summed E-state index contributed by atoms with van der Waals surface area (Å²) in [5.41, 5.74) is -1.34. The van der Waals surface area contributed by atoms with Crippen LogP contribution in [0.4, 0.5) is 4.79 Å². The molecule has 1 amide bonds. The van der Waals surface area contributed by atoms with Gasteiger partial charge in [0.1, 0.15) is 17.7 Å². The fourth-order valence-electron chi connectivity index (χ4n) is 3.17. The maximum atomic E-state index is 12.8. The Kier molecular flexibility index (Phi) is 8.69. The quantitative estimate of drug-likeness (QED) is 0.353. The van der Waals surface area contributed by atoms with E-state index in [1.165, 1.54) is 0 Å². The molecule has 1 aliphatic rings. The summed E-state index contributed by atoms with van der Waals surface area (Å²) in [5.74, 6) is 1.39. The Morgan fingerprint density at radius 1 is 1.38 bits per heavy atom. The summed E-state index contributed by atoms with van der Waals surface area (Å²) in [6.07, 6.45) is 1.09. The molecule has 1 fully saturated rings. The van der Waals surface area contributed by atoms with Crippen LogP contribution in [0.25, 0.3) is 0 Å². The molecular weight excluding hydrogens is 489 g/mol. The summed E-state index contributed by atoms with van der Waals surface area (Å²) < 4.78 is 13.4. The third-order valence-electron chi connectivity index (χ3n) is 4.44. The monoisotopic (exact) mass is 523 g/mol. The topological polar surface area (TPSA) is 106 Å². The van der Waals surface area contributed by atoms with Gasteiger partial charge in [-0.2, -0.15) is 0 Å². The highest BCUT2D eigenvalue weighted by Gasteiger charge is 2.49. The van der Waals surface area contributed by atoms with Crippen molar-refractivity contribution in [1.29, 1.82) is 0 Å². The normalized spacial score (nSPS) is 21.5. The van der Waals surface area contributed by atoms with E-state index in [2.05, 4.69) is 25.8 Å². The van der Waals surface area contributed by atoms with Crippen molar-refractivity contribution in [1.82, 2.24) is 30.3 Å². The number of nitrogens with one attached hydrogen (secondary N) is 2. The standard InChI is InChI=1S/C18H33N7O3.HI/c1-12-13(25(18(5,6)27-12)16(26)28-17(2,3)4)9-20-15(19-7)21-10-14-23-22-11-24(14)8;/h11-13H,9-10H2,1-8H3,(H2,19,20,21);1H. The van der Waals surface area contributed by atoms with E-state index < -0.39 is 17.4 Å². The lowest BCUT2D eigenvalue weighted by molar-refractivity contribution is -0.0755. The Morgan fingerprint density at radius 3 is 2.55 bits per heavy atom. The predicted molar refractivity (Wildman–Crippen MR) is 121 cm³/mol. The molecule has 29 heavy (non-hydrogen) atoms. The van der Waals surface area contributed by atoms with Gasteiger partial charge < -0.3 is 24.7 Å². The highest BCUT2D eigenvalue weighted by atomic mass is 127. The Bertz CT molecular complexity index is 715. The van der Waals surface area contributed by atoms with E-state index in [1.54, 1.807) is 18.3 Å². The molecule has 166 valence electrons.